The molecule has 1 aliphatic rings. The van der Waals surface area contributed by atoms with E-state index in [1.807, 2.05) is 12.3 Å². The molecule has 1 N–H and O–H groups in total. The molecule has 25 heavy (non-hydrogen) atoms. The van der Waals surface area contributed by atoms with Crippen molar-refractivity contribution >= 4 is 22.5 Å². The first-order chi connectivity index (χ1) is 11.9. The van der Waals surface area contributed by atoms with E-state index < -0.39 is 17.7 Å². The number of anilines is 1. The van der Waals surface area contributed by atoms with Crippen LogP contribution in [0.3, 0.4) is 0 Å². The quantitative estimate of drug-likeness (QED) is 0.907. The number of halogens is 2. The Labute approximate surface area is 149 Å². The normalized spacial score (nSPS) is 16.0. The first-order valence-corrected chi connectivity index (χ1v) is 8.99. The molecule has 0 saturated carbocycles. The van der Waals surface area contributed by atoms with Gasteiger partial charge in [-0.1, -0.05) is 6.07 Å². The Bertz CT molecular complexity index is 759. The number of benzene rings is 1. The van der Waals surface area contributed by atoms with E-state index in [4.69, 9.17) is 0 Å². The van der Waals surface area contributed by atoms with Crippen LogP contribution in [0.25, 0.3) is 0 Å². The molecule has 1 aliphatic heterocycles. The third-order valence-electron chi connectivity index (χ3n) is 4.21. The van der Waals surface area contributed by atoms with Crippen molar-refractivity contribution in [1.82, 2.24) is 15.2 Å². The van der Waals surface area contributed by atoms with E-state index in [9.17, 15) is 13.6 Å². The van der Waals surface area contributed by atoms with Crippen LogP contribution in [0.1, 0.15) is 24.2 Å². The van der Waals surface area contributed by atoms with Gasteiger partial charge in [-0.2, -0.15) is 0 Å². The molecule has 1 aromatic heterocycles. The second-order valence-corrected chi connectivity index (χ2v) is 6.92. The summed E-state index contributed by atoms with van der Waals surface area (Å²) in [6.45, 7) is 6.20. The van der Waals surface area contributed by atoms with Crippen molar-refractivity contribution in [2.45, 2.75) is 19.9 Å². The number of carbonyl (C=O) groups excluding carboxylic acids is 1. The second-order valence-electron chi connectivity index (χ2n) is 6.08. The monoisotopic (exact) mass is 366 g/mol. The van der Waals surface area contributed by atoms with Crippen molar-refractivity contribution in [3.8, 4) is 0 Å². The molecule has 5 nitrogen and oxygen atoms in total. The number of aryl methyl sites for hydroxylation is 1. The van der Waals surface area contributed by atoms with E-state index >= 15 is 0 Å². The summed E-state index contributed by atoms with van der Waals surface area (Å²) < 4.78 is 26.8. The summed E-state index contributed by atoms with van der Waals surface area (Å²) in [5, 5.41) is 5.76. The van der Waals surface area contributed by atoms with Gasteiger partial charge in [-0.15, -0.1) is 11.3 Å². The van der Waals surface area contributed by atoms with Crippen LogP contribution >= 0.6 is 11.3 Å². The van der Waals surface area contributed by atoms with Gasteiger partial charge in [0, 0.05) is 43.2 Å². The van der Waals surface area contributed by atoms with Crippen LogP contribution in [0.2, 0.25) is 0 Å². The molecule has 0 radical (unpaired) electrons. The van der Waals surface area contributed by atoms with Crippen LogP contribution in [0, 0.1) is 18.6 Å². The lowest BCUT2D eigenvalue weighted by molar-refractivity contribution is 0.191. The van der Waals surface area contributed by atoms with Gasteiger partial charge >= 0.3 is 6.03 Å². The molecular weight excluding hydrogens is 346 g/mol. The van der Waals surface area contributed by atoms with E-state index in [0.29, 0.717) is 26.2 Å². The third-order valence-corrected chi connectivity index (χ3v) is 5.23. The highest BCUT2D eigenvalue weighted by atomic mass is 32.1. The average Bonchev–Trinajstić information content (AvgIpc) is 3.01. The number of hydrogen-bond acceptors (Lipinski definition) is 4. The smallest absolute Gasteiger partial charge is 0.317 e. The summed E-state index contributed by atoms with van der Waals surface area (Å²) in [7, 11) is 0. The Balaban J connectivity index is 1.55. The molecule has 8 heteroatoms. The number of thiazole rings is 1. The minimum atomic E-state index is -0.656. The van der Waals surface area contributed by atoms with E-state index in [0.717, 1.165) is 16.9 Å². The number of nitrogens with one attached hydrogen (secondary N) is 1. The molecule has 1 saturated heterocycles. The molecule has 2 heterocycles. The highest BCUT2D eigenvalue weighted by molar-refractivity contribution is 7.13. The zero-order valence-corrected chi connectivity index (χ0v) is 14.9. The van der Waals surface area contributed by atoms with Crippen LogP contribution in [0.5, 0.6) is 0 Å². The average molecular weight is 366 g/mol. The van der Waals surface area contributed by atoms with E-state index in [1.165, 1.54) is 12.1 Å². The SMILES string of the molecule is Cc1csc(N2CCN(C(=O)NC(C)c3ccc(F)cc3F)CC2)n1. The van der Waals surface area contributed by atoms with Gasteiger partial charge in [0.2, 0.25) is 0 Å². The molecule has 134 valence electrons. The molecule has 1 aromatic carbocycles. The van der Waals surface area contributed by atoms with Crippen LogP contribution in [-0.4, -0.2) is 42.1 Å². The zero-order valence-electron chi connectivity index (χ0n) is 14.1. The number of piperazine rings is 1. The predicted octanol–water partition coefficient (Wildman–Crippen LogP) is 3.32. The minimum absolute atomic E-state index is 0.244. The van der Waals surface area contributed by atoms with E-state index in [2.05, 4.69) is 15.2 Å². The van der Waals surface area contributed by atoms with Gasteiger partial charge in [0.15, 0.2) is 5.13 Å². The molecule has 0 bridgehead atoms. The summed E-state index contributed by atoms with van der Waals surface area (Å²) in [5.41, 5.74) is 1.27. The first-order valence-electron chi connectivity index (χ1n) is 8.11. The van der Waals surface area contributed by atoms with Crippen molar-refractivity contribution in [2.75, 3.05) is 31.1 Å². The third kappa shape index (κ3) is 4.07. The lowest BCUT2D eigenvalue weighted by atomic mass is 10.1. The zero-order chi connectivity index (χ0) is 18.0. The maximum atomic E-state index is 13.8. The number of urea groups is 1. The Morgan fingerprint density at radius 2 is 2.00 bits per heavy atom. The van der Waals surface area contributed by atoms with E-state index in [1.54, 1.807) is 23.2 Å². The summed E-state index contributed by atoms with van der Waals surface area (Å²) in [6.07, 6.45) is 0. The van der Waals surface area contributed by atoms with Crippen LogP contribution in [0.4, 0.5) is 18.7 Å². The van der Waals surface area contributed by atoms with Crippen LogP contribution < -0.4 is 10.2 Å². The maximum Gasteiger partial charge on any atom is 0.317 e. The highest BCUT2D eigenvalue weighted by Gasteiger charge is 2.24. The van der Waals surface area contributed by atoms with Crippen molar-refractivity contribution in [1.29, 1.82) is 0 Å². The number of nitrogens with zero attached hydrogens (tertiary/aromatic N) is 3. The number of rotatable bonds is 3. The summed E-state index contributed by atoms with van der Waals surface area (Å²) in [6, 6.07) is 2.60. The van der Waals surface area contributed by atoms with Crippen molar-refractivity contribution in [3.63, 3.8) is 0 Å². The van der Waals surface area contributed by atoms with Gasteiger partial charge in [-0.05, 0) is 19.9 Å². The fourth-order valence-electron chi connectivity index (χ4n) is 2.79. The molecule has 1 unspecified atom stereocenters. The standard InChI is InChI=1S/C17H20F2N4OS/c1-11-10-25-17(20-11)23-7-5-22(6-8-23)16(24)21-12(2)14-4-3-13(18)9-15(14)19/h3-4,9-10,12H,5-8H2,1-2H3,(H,21,24). The molecule has 1 fully saturated rings. The molecule has 1 atom stereocenters. The Hall–Kier alpha value is -2.22. The first kappa shape index (κ1) is 17.6. The molecular formula is C17H20F2N4OS. The summed E-state index contributed by atoms with van der Waals surface area (Å²) in [5.74, 6) is -1.29. The van der Waals surface area contributed by atoms with Gasteiger partial charge in [0.25, 0.3) is 0 Å². The number of hydrogen-bond donors (Lipinski definition) is 1. The molecule has 3 rings (SSSR count). The number of carbonyl (C=O) groups is 1. The van der Waals surface area contributed by atoms with Gasteiger partial charge in [-0.3, -0.25) is 0 Å². The minimum Gasteiger partial charge on any atom is -0.345 e. The Morgan fingerprint density at radius 3 is 2.60 bits per heavy atom. The van der Waals surface area contributed by atoms with Crippen molar-refractivity contribution in [3.05, 3.63) is 46.5 Å². The lowest BCUT2D eigenvalue weighted by Gasteiger charge is -2.35. The van der Waals surface area contributed by atoms with Crippen molar-refractivity contribution in [2.24, 2.45) is 0 Å². The van der Waals surface area contributed by atoms with Gasteiger partial charge < -0.3 is 15.1 Å². The second kappa shape index (κ2) is 7.35. The summed E-state index contributed by atoms with van der Waals surface area (Å²) >= 11 is 1.60. The van der Waals surface area contributed by atoms with Gasteiger partial charge in [-0.25, -0.2) is 18.6 Å². The fourth-order valence-corrected chi connectivity index (χ4v) is 3.65. The molecule has 0 spiro atoms. The van der Waals surface area contributed by atoms with Crippen LogP contribution in [0.15, 0.2) is 23.6 Å². The van der Waals surface area contributed by atoms with Gasteiger partial charge in [0.05, 0.1) is 11.7 Å². The van der Waals surface area contributed by atoms with Crippen molar-refractivity contribution < 1.29 is 13.6 Å². The van der Waals surface area contributed by atoms with Crippen LogP contribution in [-0.2, 0) is 0 Å². The molecule has 0 aliphatic carbocycles. The predicted molar refractivity (Wildman–Crippen MR) is 93.9 cm³/mol. The fraction of sp³-hybridized carbons (Fsp3) is 0.412. The Kier molecular flexibility index (Phi) is 5.17. The topological polar surface area (TPSA) is 48.5 Å². The van der Waals surface area contributed by atoms with E-state index in [-0.39, 0.29) is 11.6 Å². The number of aromatic nitrogens is 1. The number of amides is 2. The van der Waals surface area contributed by atoms with Gasteiger partial charge in [0.1, 0.15) is 11.6 Å². The summed E-state index contributed by atoms with van der Waals surface area (Å²) in [4.78, 5) is 20.7. The molecule has 2 aromatic rings. The largest absolute Gasteiger partial charge is 0.345 e. The Morgan fingerprint density at radius 1 is 1.28 bits per heavy atom. The lowest BCUT2D eigenvalue weighted by Crippen LogP contribution is -2.52. The highest BCUT2D eigenvalue weighted by Crippen LogP contribution is 2.22. The molecule has 2 amide bonds. The maximum absolute atomic E-state index is 13.8.